The van der Waals surface area contributed by atoms with Gasteiger partial charge in [0.2, 0.25) is 0 Å². The number of aromatic nitrogens is 1. The van der Waals surface area contributed by atoms with E-state index in [2.05, 4.69) is 0 Å². The number of hydrogen-bond acceptors (Lipinski definition) is 3. The lowest BCUT2D eigenvalue weighted by molar-refractivity contribution is -0.131. The molecule has 0 spiro atoms. The Balaban J connectivity index is 2.23. The van der Waals surface area contributed by atoms with Crippen LogP contribution in [0.5, 0.6) is 0 Å². The monoisotopic (exact) mass is 341 g/mol. The zero-order chi connectivity index (χ0) is 17.3. The van der Waals surface area contributed by atoms with Crippen LogP contribution < -0.4 is 0 Å². The molecule has 1 heterocycles. The Morgan fingerprint density at radius 1 is 1.08 bits per heavy atom. The van der Waals surface area contributed by atoms with Crippen molar-refractivity contribution in [3.63, 3.8) is 0 Å². The average molecular weight is 341 g/mol. The minimum atomic E-state index is -3.76. The third-order valence-electron chi connectivity index (χ3n) is 3.69. The Hall–Kier alpha value is -2.86. The minimum Gasteiger partial charge on any atom is -0.478 e. The van der Waals surface area contributed by atoms with Gasteiger partial charge < -0.3 is 5.11 Å². The van der Waals surface area contributed by atoms with Gasteiger partial charge in [0.15, 0.2) is 0 Å². The highest BCUT2D eigenvalue weighted by Crippen LogP contribution is 2.26. The standard InChI is InChI=1S/C18H15NO4S/c1-13-5-8-16(9-6-13)24(22,23)19-12-11-15-4-2-3-14(18(15)19)7-10-17(20)21/h2-12H,1H3,(H,20,21). The summed E-state index contributed by atoms with van der Waals surface area (Å²) in [7, 11) is -3.76. The largest absolute Gasteiger partial charge is 0.478 e. The molecule has 0 amide bonds. The normalized spacial score (nSPS) is 12.0. The molecule has 122 valence electrons. The molecule has 0 aliphatic heterocycles. The van der Waals surface area contributed by atoms with Gasteiger partial charge in [0.25, 0.3) is 10.0 Å². The Morgan fingerprint density at radius 2 is 1.79 bits per heavy atom. The van der Waals surface area contributed by atoms with Crippen molar-refractivity contribution >= 4 is 33.0 Å². The quantitative estimate of drug-likeness (QED) is 0.739. The van der Waals surface area contributed by atoms with E-state index >= 15 is 0 Å². The molecule has 0 saturated heterocycles. The van der Waals surface area contributed by atoms with Gasteiger partial charge in [-0.25, -0.2) is 17.2 Å². The predicted octanol–water partition coefficient (Wildman–Crippen LogP) is 3.28. The highest BCUT2D eigenvalue weighted by atomic mass is 32.2. The number of aliphatic carboxylic acids is 1. The molecule has 6 heteroatoms. The van der Waals surface area contributed by atoms with Crippen molar-refractivity contribution in [2.24, 2.45) is 0 Å². The fourth-order valence-electron chi connectivity index (χ4n) is 2.51. The molecule has 0 unspecified atom stereocenters. The second kappa shape index (κ2) is 5.98. The minimum absolute atomic E-state index is 0.183. The Labute approximate surface area is 139 Å². The van der Waals surface area contributed by atoms with E-state index in [0.717, 1.165) is 17.0 Å². The number of hydrogen-bond donors (Lipinski definition) is 1. The molecule has 24 heavy (non-hydrogen) atoms. The number of aryl methyl sites for hydroxylation is 1. The van der Waals surface area contributed by atoms with Crippen LogP contribution in [-0.2, 0) is 14.8 Å². The first-order chi connectivity index (χ1) is 11.4. The van der Waals surface area contributed by atoms with Gasteiger partial charge in [-0.05, 0) is 31.2 Å². The van der Waals surface area contributed by atoms with Crippen LogP contribution in [-0.4, -0.2) is 23.5 Å². The number of carboxylic acid groups (broad SMARTS) is 1. The van der Waals surface area contributed by atoms with Gasteiger partial charge in [-0.3, -0.25) is 0 Å². The topological polar surface area (TPSA) is 76.4 Å². The van der Waals surface area contributed by atoms with Crippen LogP contribution in [0.25, 0.3) is 17.0 Å². The Morgan fingerprint density at radius 3 is 2.46 bits per heavy atom. The van der Waals surface area contributed by atoms with Crippen molar-refractivity contribution in [2.45, 2.75) is 11.8 Å². The molecule has 0 aliphatic carbocycles. The summed E-state index contributed by atoms with van der Waals surface area (Å²) in [4.78, 5) is 11.0. The maximum atomic E-state index is 12.9. The summed E-state index contributed by atoms with van der Waals surface area (Å²) in [5, 5.41) is 9.54. The van der Waals surface area contributed by atoms with Gasteiger partial charge in [-0.1, -0.05) is 35.9 Å². The summed E-state index contributed by atoms with van der Waals surface area (Å²) >= 11 is 0. The number of benzene rings is 2. The summed E-state index contributed by atoms with van der Waals surface area (Å²) in [6.45, 7) is 1.89. The van der Waals surface area contributed by atoms with Crippen molar-refractivity contribution < 1.29 is 18.3 Å². The lowest BCUT2D eigenvalue weighted by Gasteiger charge is -2.09. The first-order valence-electron chi connectivity index (χ1n) is 7.23. The van der Waals surface area contributed by atoms with Crippen LogP contribution in [0.15, 0.2) is 65.7 Å². The van der Waals surface area contributed by atoms with E-state index in [0.29, 0.717) is 11.1 Å². The Bertz CT molecular complexity index is 1040. The third-order valence-corrected chi connectivity index (χ3v) is 5.38. The molecule has 1 aromatic heterocycles. The molecule has 0 bridgehead atoms. The molecule has 2 aromatic carbocycles. The highest BCUT2D eigenvalue weighted by Gasteiger charge is 2.19. The Kier molecular flexibility index (Phi) is 3.99. The van der Waals surface area contributed by atoms with Gasteiger partial charge in [-0.15, -0.1) is 0 Å². The van der Waals surface area contributed by atoms with E-state index in [1.54, 1.807) is 48.5 Å². The number of nitrogens with zero attached hydrogens (tertiary/aromatic N) is 1. The summed E-state index contributed by atoms with van der Waals surface area (Å²) < 4.78 is 27.1. The fourth-order valence-corrected chi connectivity index (χ4v) is 3.89. The molecular weight excluding hydrogens is 326 g/mol. The molecule has 0 atom stereocenters. The molecule has 0 radical (unpaired) electrons. The molecule has 3 aromatic rings. The van der Waals surface area contributed by atoms with Gasteiger partial charge in [-0.2, -0.15) is 0 Å². The van der Waals surface area contributed by atoms with E-state index in [4.69, 9.17) is 5.11 Å². The number of rotatable bonds is 4. The van der Waals surface area contributed by atoms with Crippen LogP contribution in [0.2, 0.25) is 0 Å². The van der Waals surface area contributed by atoms with E-state index in [-0.39, 0.29) is 4.90 Å². The number of fused-ring (bicyclic) bond motifs is 1. The third kappa shape index (κ3) is 2.83. The maximum absolute atomic E-state index is 12.9. The van der Waals surface area contributed by atoms with Crippen molar-refractivity contribution in [1.29, 1.82) is 0 Å². The zero-order valence-corrected chi connectivity index (χ0v) is 13.7. The zero-order valence-electron chi connectivity index (χ0n) is 12.9. The molecule has 0 fully saturated rings. The van der Waals surface area contributed by atoms with Crippen LogP contribution in [0.3, 0.4) is 0 Å². The molecule has 3 rings (SSSR count). The van der Waals surface area contributed by atoms with Crippen LogP contribution in [0, 0.1) is 6.92 Å². The van der Waals surface area contributed by atoms with Crippen LogP contribution in [0.4, 0.5) is 0 Å². The van der Waals surface area contributed by atoms with E-state index in [1.165, 1.54) is 16.2 Å². The molecule has 0 aliphatic rings. The lowest BCUT2D eigenvalue weighted by Crippen LogP contribution is -2.12. The van der Waals surface area contributed by atoms with Crippen LogP contribution >= 0.6 is 0 Å². The van der Waals surface area contributed by atoms with Crippen LogP contribution in [0.1, 0.15) is 11.1 Å². The van der Waals surface area contributed by atoms with E-state index < -0.39 is 16.0 Å². The molecule has 0 saturated carbocycles. The van der Waals surface area contributed by atoms with Crippen molar-refractivity contribution in [2.75, 3.05) is 0 Å². The molecule has 1 N–H and O–H groups in total. The van der Waals surface area contributed by atoms with Gasteiger partial charge in [0.05, 0.1) is 10.4 Å². The summed E-state index contributed by atoms with van der Waals surface area (Å²) in [6, 6.07) is 13.5. The maximum Gasteiger partial charge on any atom is 0.328 e. The first-order valence-corrected chi connectivity index (χ1v) is 8.67. The number of carboxylic acids is 1. The second-order valence-electron chi connectivity index (χ2n) is 5.39. The number of para-hydroxylation sites is 1. The summed E-state index contributed by atoms with van der Waals surface area (Å²) in [5.41, 5.74) is 1.95. The van der Waals surface area contributed by atoms with Crippen molar-refractivity contribution in [3.8, 4) is 0 Å². The first kappa shape index (κ1) is 16.0. The second-order valence-corrected chi connectivity index (χ2v) is 7.20. The fraction of sp³-hybridized carbons (Fsp3) is 0.0556. The molecular formula is C18H15NO4S. The smallest absolute Gasteiger partial charge is 0.328 e. The number of carbonyl (C=O) groups is 1. The van der Waals surface area contributed by atoms with Crippen molar-refractivity contribution in [1.82, 2.24) is 3.97 Å². The lowest BCUT2D eigenvalue weighted by atomic mass is 10.1. The summed E-state index contributed by atoms with van der Waals surface area (Å²) in [6.07, 6.45) is 3.87. The van der Waals surface area contributed by atoms with E-state index in [9.17, 15) is 13.2 Å². The SMILES string of the molecule is Cc1ccc(S(=O)(=O)n2ccc3cccc(C=CC(=O)O)c32)cc1. The van der Waals surface area contributed by atoms with Crippen molar-refractivity contribution in [3.05, 3.63) is 71.9 Å². The van der Waals surface area contributed by atoms with Gasteiger partial charge in [0.1, 0.15) is 0 Å². The predicted molar refractivity (Wildman–Crippen MR) is 92.4 cm³/mol. The van der Waals surface area contributed by atoms with Gasteiger partial charge >= 0.3 is 5.97 Å². The van der Waals surface area contributed by atoms with E-state index in [1.807, 2.05) is 6.92 Å². The summed E-state index contributed by atoms with van der Waals surface area (Å²) in [5.74, 6) is -1.09. The highest BCUT2D eigenvalue weighted by molar-refractivity contribution is 7.90. The average Bonchev–Trinajstić information content (AvgIpc) is 2.98. The van der Waals surface area contributed by atoms with Gasteiger partial charge in [0, 0.05) is 23.2 Å². The molecule has 5 nitrogen and oxygen atoms in total.